The van der Waals surface area contributed by atoms with Gasteiger partial charge in [-0.2, -0.15) is 18.4 Å². The predicted molar refractivity (Wildman–Crippen MR) is 78.2 cm³/mol. The van der Waals surface area contributed by atoms with Crippen molar-refractivity contribution in [3.63, 3.8) is 0 Å². The first-order valence-corrected chi connectivity index (χ1v) is 7.00. The van der Waals surface area contributed by atoms with Crippen LogP contribution in [0.5, 0.6) is 5.75 Å². The lowest BCUT2D eigenvalue weighted by Crippen LogP contribution is -2.05. The molecular formula is C14H9ClF3N5O. The first kappa shape index (κ1) is 16.2. The average Bonchev–Trinajstić information content (AvgIpc) is 3.07. The van der Waals surface area contributed by atoms with Gasteiger partial charge in [0.05, 0.1) is 16.3 Å². The van der Waals surface area contributed by atoms with Crippen molar-refractivity contribution in [2.45, 2.75) is 12.8 Å². The van der Waals surface area contributed by atoms with Gasteiger partial charge in [-0.05, 0) is 35.5 Å². The molecule has 3 aromatic rings. The Morgan fingerprint density at radius 1 is 1.17 bits per heavy atom. The SMILES string of the molecule is FC(F)(F)c1ccc(OCc2cccc(-c3nn[nH]n3)n2)c(Cl)c1. The number of alkyl halides is 3. The maximum absolute atomic E-state index is 12.6. The first-order valence-electron chi connectivity index (χ1n) is 6.63. The van der Waals surface area contributed by atoms with E-state index in [1.807, 2.05) is 0 Å². The summed E-state index contributed by atoms with van der Waals surface area (Å²) in [6.45, 7) is 0.0246. The molecule has 1 N–H and O–H groups in total. The van der Waals surface area contributed by atoms with Crippen LogP contribution in [0.1, 0.15) is 11.3 Å². The summed E-state index contributed by atoms with van der Waals surface area (Å²) in [6, 6.07) is 8.02. The topological polar surface area (TPSA) is 76.6 Å². The smallest absolute Gasteiger partial charge is 0.416 e. The maximum atomic E-state index is 12.6. The van der Waals surface area contributed by atoms with Crippen LogP contribution < -0.4 is 4.74 Å². The van der Waals surface area contributed by atoms with Gasteiger partial charge in [0.1, 0.15) is 18.1 Å². The second kappa shape index (κ2) is 6.44. The van der Waals surface area contributed by atoms with Crippen molar-refractivity contribution in [2.24, 2.45) is 0 Å². The van der Waals surface area contributed by atoms with Gasteiger partial charge in [-0.1, -0.05) is 17.7 Å². The van der Waals surface area contributed by atoms with Crippen LogP contribution >= 0.6 is 11.6 Å². The molecule has 0 spiro atoms. The van der Waals surface area contributed by atoms with E-state index in [0.717, 1.165) is 12.1 Å². The van der Waals surface area contributed by atoms with E-state index in [1.54, 1.807) is 18.2 Å². The molecule has 2 heterocycles. The van der Waals surface area contributed by atoms with Crippen LogP contribution in [0.3, 0.4) is 0 Å². The van der Waals surface area contributed by atoms with Gasteiger partial charge in [0.15, 0.2) is 0 Å². The Morgan fingerprint density at radius 2 is 2.00 bits per heavy atom. The predicted octanol–water partition coefficient (Wildman–Crippen LogP) is 3.51. The Balaban J connectivity index is 1.73. The quantitative estimate of drug-likeness (QED) is 0.775. The van der Waals surface area contributed by atoms with E-state index >= 15 is 0 Å². The van der Waals surface area contributed by atoms with Crippen molar-refractivity contribution in [2.75, 3.05) is 0 Å². The molecule has 1 aromatic carbocycles. The molecule has 0 radical (unpaired) electrons. The molecule has 0 atom stereocenters. The lowest BCUT2D eigenvalue weighted by molar-refractivity contribution is -0.137. The molecule has 0 aliphatic carbocycles. The van der Waals surface area contributed by atoms with Gasteiger partial charge in [0.2, 0.25) is 5.82 Å². The summed E-state index contributed by atoms with van der Waals surface area (Å²) in [5.41, 5.74) is 0.189. The number of aromatic amines is 1. The van der Waals surface area contributed by atoms with Crippen LogP contribution in [-0.4, -0.2) is 25.6 Å². The molecule has 0 bridgehead atoms. The summed E-state index contributed by atoms with van der Waals surface area (Å²) in [5.74, 6) is 0.459. The van der Waals surface area contributed by atoms with Crippen molar-refractivity contribution in [1.82, 2.24) is 25.6 Å². The van der Waals surface area contributed by atoms with Crippen LogP contribution in [0.25, 0.3) is 11.5 Å². The fourth-order valence-corrected chi connectivity index (χ4v) is 2.14. The van der Waals surface area contributed by atoms with E-state index in [1.165, 1.54) is 6.07 Å². The van der Waals surface area contributed by atoms with Crippen LogP contribution in [0.2, 0.25) is 5.02 Å². The molecule has 124 valence electrons. The third-order valence-electron chi connectivity index (χ3n) is 3.02. The highest BCUT2D eigenvalue weighted by atomic mass is 35.5. The minimum Gasteiger partial charge on any atom is -0.486 e. The van der Waals surface area contributed by atoms with E-state index in [0.29, 0.717) is 17.2 Å². The largest absolute Gasteiger partial charge is 0.486 e. The van der Waals surface area contributed by atoms with Crippen molar-refractivity contribution in [1.29, 1.82) is 0 Å². The first-order chi connectivity index (χ1) is 11.4. The van der Waals surface area contributed by atoms with Gasteiger partial charge < -0.3 is 4.74 Å². The number of aromatic nitrogens is 5. The fourth-order valence-electron chi connectivity index (χ4n) is 1.90. The molecule has 10 heteroatoms. The van der Waals surface area contributed by atoms with Gasteiger partial charge in [-0.25, -0.2) is 4.98 Å². The molecule has 0 fully saturated rings. The highest BCUT2D eigenvalue weighted by molar-refractivity contribution is 6.32. The summed E-state index contributed by atoms with van der Waals surface area (Å²) in [4.78, 5) is 4.28. The van der Waals surface area contributed by atoms with Crippen molar-refractivity contribution >= 4 is 11.6 Å². The number of H-pyrrole nitrogens is 1. The lowest BCUT2D eigenvalue weighted by atomic mass is 10.2. The molecule has 0 saturated carbocycles. The molecular weight excluding hydrogens is 347 g/mol. The lowest BCUT2D eigenvalue weighted by Gasteiger charge is -2.11. The van der Waals surface area contributed by atoms with Crippen molar-refractivity contribution < 1.29 is 17.9 Å². The van der Waals surface area contributed by atoms with E-state index in [2.05, 4.69) is 25.6 Å². The number of hydrogen-bond donors (Lipinski definition) is 1. The number of hydrogen-bond acceptors (Lipinski definition) is 5. The van der Waals surface area contributed by atoms with Crippen molar-refractivity contribution in [3.8, 4) is 17.3 Å². The van der Waals surface area contributed by atoms with Gasteiger partial charge in [-0.3, -0.25) is 0 Å². The minimum atomic E-state index is -4.46. The van der Waals surface area contributed by atoms with Crippen LogP contribution in [-0.2, 0) is 12.8 Å². The Bertz CT molecular complexity index is 839. The van der Waals surface area contributed by atoms with E-state index in [4.69, 9.17) is 16.3 Å². The molecule has 0 aliphatic heterocycles. The highest BCUT2D eigenvalue weighted by Gasteiger charge is 2.31. The van der Waals surface area contributed by atoms with Gasteiger partial charge in [0, 0.05) is 0 Å². The number of halogens is 4. The molecule has 24 heavy (non-hydrogen) atoms. The Labute approximate surface area is 138 Å². The summed E-state index contributed by atoms with van der Waals surface area (Å²) in [5, 5.41) is 13.3. The zero-order valence-electron chi connectivity index (χ0n) is 11.9. The standard InChI is InChI=1S/C14H9ClF3N5O/c15-10-6-8(14(16,17)18)4-5-12(10)24-7-9-2-1-3-11(19-9)13-20-22-23-21-13/h1-6H,7H2,(H,20,21,22,23). The molecule has 2 aromatic heterocycles. The number of tetrazole rings is 1. The molecule has 0 unspecified atom stereocenters. The zero-order chi connectivity index (χ0) is 17.2. The number of rotatable bonds is 4. The van der Waals surface area contributed by atoms with Crippen LogP contribution in [0, 0.1) is 0 Å². The highest BCUT2D eigenvalue weighted by Crippen LogP contribution is 2.34. The van der Waals surface area contributed by atoms with E-state index < -0.39 is 11.7 Å². The summed E-state index contributed by atoms with van der Waals surface area (Å²) in [6.07, 6.45) is -4.46. The number of ether oxygens (including phenoxy) is 1. The number of nitrogens with one attached hydrogen (secondary N) is 1. The second-order valence-electron chi connectivity index (χ2n) is 4.68. The molecule has 0 saturated heterocycles. The molecule has 0 amide bonds. The molecule has 0 aliphatic rings. The minimum absolute atomic E-state index is 0.0246. The number of pyridine rings is 1. The maximum Gasteiger partial charge on any atom is 0.416 e. The zero-order valence-corrected chi connectivity index (χ0v) is 12.6. The summed E-state index contributed by atoms with van der Waals surface area (Å²) in [7, 11) is 0. The third-order valence-corrected chi connectivity index (χ3v) is 3.31. The third kappa shape index (κ3) is 3.62. The number of nitrogens with zero attached hydrogens (tertiary/aromatic N) is 4. The van der Waals surface area contributed by atoms with Crippen LogP contribution in [0.15, 0.2) is 36.4 Å². The Kier molecular flexibility index (Phi) is 4.34. The van der Waals surface area contributed by atoms with Gasteiger partial charge in [0.25, 0.3) is 0 Å². The number of benzene rings is 1. The second-order valence-corrected chi connectivity index (χ2v) is 5.09. The van der Waals surface area contributed by atoms with E-state index in [-0.39, 0.29) is 17.4 Å². The normalized spacial score (nSPS) is 11.5. The van der Waals surface area contributed by atoms with Gasteiger partial charge in [-0.15, -0.1) is 10.2 Å². The van der Waals surface area contributed by atoms with Gasteiger partial charge >= 0.3 is 6.18 Å². The van der Waals surface area contributed by atoms with E-state index in [9.17, 15) is 13.2 Å². The van der Waals surface area contributed by atoms with Crippen LogP contribution in [0.4, 0.5) is 13.2 Å². The fraction of sp³-hybridized carbons (Fsp3) is 0.143. The van der Waals surface area contributed by atoms with Crippen molar-refractivity contribution in [3.05, 3.63) is 52.7 Å². The summed E-state index contributed by atoms with van der Waals surface area (Å²) >= 11 is 5.84. The average molecular weight is 356 g/mol. The Hall–Kier alpha value is -2.68. The Morgan fingerprint density at radius 3 is 2.67 bits per heavy atom. The molecule has 6 nitrogen and oxygen atoms in total. The summed E-state index contributed by atoms with van der Waals surface area (Å²) < 4.78 is 43.2. The monoisotopic (exact) mass is 355 g/mol. The molecule has 3 rings (SSSR count).